The average Bonchev–Trinajstić information content (AvgIpc) is 3.30. The molecule has 0 aromatic heterocycles. The third-order valence-corrected chi connectivity index (χ3v) is 6.04. The fourth-order valence-corrected chi connectivity index (χ4v) is 4.35. The number of ether oxygens (including phenoxy) is 2. The van der Waals surface area contributed by atoms with E-state index in [-0.39, 0.29) is 4.90 Å². The third kappa shape index (κ3) is 1.83. The van der Waals surface area contributed by atoms with Crippen molar-refractivity contribution in [2.24, 2.45) is 0 Å². The fourth-order valence-electron chi connectivity index (χ4n) is 2.39. The van der Waals surface area contributed by atoms with Crippen molar-refractivity contribution < 1.29 is 23.0 Å². The highest BCUT2D eigenvalue weighted by Crippen LogP contribution is 2.50. The predicted molar refractivity (Wildman–Crippen MR) is 71.9 cm³/mol. The molecule has 0 unspecified atom stereocenters. The van der Waals surface area contributed by atoms with Crippen molar-refractivity contribution in [2.75, 3.05) is 6.61 Å². The van der Waals surface area contributed by atoms with E-state index in [4.69, 9.17) is 9.47 Å². The van der Waals surface area contributed by atoms with Crippen molar-refractivity contribution in [2.45, 2.75) is 35.1 Å². The van der Waals surface area contributed by atoms with E-state index >= 15 is 0 Å². The first-order chi connectivity index (χ1) is 9.43. The molecular formula is C14H16O5S. The van der Waals surface area contributed by atoms with Crippen LogP contribution in [0.4, 0.5) is 0 Å². The van der Waals surface area contributed by atoms with E-state index in [1.54, 1.807) is 12.1 Å². The van der Waals surface area contributed by atoms with E-state index in [0.717, 1.165) is 5.56 Å². The van der Waals surface area contributed by atoms with Gasteiger partial charge in [0.15, 0.2) is 0 Å². The van der Waals surface area contributed by atoms with Crippen molar-refractivity contribution in [3.63, 3.8) is 0 Å². The molecule has 0 spiro atoms. The monoisotopic (exact) mass is 296 g/mol. The van der Waals surface area contributed by atoms with Gasteiger partial charge in [0, 0.05) is 0 Å². The van der Waals surface area contributed by atoms with E-state index in [2.05, 4.69) is 6.58 Å². The summed E-state index contributed by atoms with van der Waals surface area (Å²) in [5.74, 6) is 0. The highest BCUT2D eigenvalue weighted by molar-refractivity contribution is 7.93. The van der Waals surface area contributed by atoms with Crippen LogP contribution >= 0.6 is 0 Å². The van der Waals surface area contributed by atoms with E-state index in [0.29, 0.717) is 6.61 Å². The Morgan fingerprint density at radius 2 is 2.05 bits per heavy atom. The van der Waals surface area contributed by atoms with Crippen molar-refractivity contribution in [3.05, 3.63) is 42.5 Å². The number of hydrogen-bond donors (Lipinski definition) is 1. The van der Waals surface area contributed by atoms with E-state index < -0.39 is 33.1 Å². The maximum absolute atomic E-state index is 12.8. The molecule has 0 amide bonds. The molecule has 1 N–H and O–H groups in total. The summed E-state index contributed by atoms with van der Waals surface area (Å²) in [6.45, 7) is 5.78. The van der Waals surface area contributed by atoms with Gasteiger partial charge < -0.3 is 14.6 Å². The largest absolute Gasteiger partial charge is 0.386 e. The summed E-state index contributed by atoms with van der Waals surface area (Å²) in [4.78, 5) is -1.53. The minimum atomic E-state index is -3.83. The molecule has 0 aliphatic carbocycles. The van der Waals surface area contributed by atoms with Gasteiger partial charge in [-0.25, -0.2) is 8.42 Å². The minimum Gasteiger partial charge on any atom is -0.386 e. The van der Waals surface area contributed by atoms with Gasteiger partial charge in [-0.1, -0.05) is 23.8 Å². The fraction of sp³-hybridized carbons (Fsp3) is 0.429. The molecule has 2 aliphatic rings. The van der Waals surface area contributed by atoms with Gasteiger partial charge in [0.1, 0.15) is 18.3 Å². The Morgan fingerprint density at radius 1 is 1.45 bits per heavy atom. The number of epoxide rings is 2. The number of aliphatic hydroxyl groups is 1. The Bertz CT molecular complexity index is 632. The van der Waals surface area contributed by atoms with Crippen LogP contribution in [0.25, 0.3) is 0 Å². The van der Waals surface area contributed by atoms with Crippen LogP contribution in [-0.4, -0.2) is 43.4 Å². The summed E-state index contributed by atoms with van der Waals surface area (Å²) in [6, 6.07) is 6.47. The second kappa shape index (κ2) is 4.39. The smallest absolute Gasteiger partial charge is 0.232 e. The number of sulfone groups is 1. The molecule has 2 heterocycles. The maximum Gasteiger partial charge on any atom is 0.232 e. The third-order valence-electron chi connectivity index (χ3n) is 3.74. The van der Waals surface area contributed by atoms with Gasteiger partial charge in [0.05, 0.1) is 11.5 Å². The molecule has 0 bridgehead atoms. The molecular weight excluding hydrogens is 280 g/mol. The summed E-state index contributed by atoms with van der Waals surface area (Å²) < 4.78 is 35.9. The minimum absolute atomic E-state index is 0.132. The Kier molecular flexibility index (Phi) is 3.02. The molecule has 4 atom stereocenters. The molecule has 108 valence electrons. The second-order valence-corrected chi connectivity index (χ2v) is 7.25. The van der Waals surface area contributed by atoms with Gasteiger partial charge >= 0.3 is 0 Å². The summed E-state index contributed by atoms with van der Waals surface area (Å²) in [7, 11) is -3.83. The highest BCUT2D eigenvalue weighted by Gasteiger charge is 2.72. The van der Waals surface area contributed by atoms with Crippen LogP contribution in [0.1, 0.15) is 5.56 Å². The summed E-state index contributed by atoms with van der Waals surface area (Å²) in [6.07, 6.45) is -1.01. The van der Waals surface area contributed by atoms with Crippen molar-refractivity contribution >= 4 is 9.84 Å². The summed E-state index contributed by atoms with van der Waals surface area (Å²) in [5, 5.41) is 10.3. The van der Waals surface area contributed by atoms with E-state index in [1.807, 2.05) is 6.92 Å². The summed E-state index contributed by atoms with van der Waals surface area (Å²) in [5.41, 5.74) is 0.959. The quantitative estimate of drug-likeness (QED) is 0.642. The lowest BCUT2D eigenvalue weighted by Gasteiger charge is -2.18. The predicted octanol–water partition coefficient (Wildman–Crippen LogP) is 0.810. The molecule has 20 heavy (non-hydrogen) atoms. The van der Waals surface area contributed by atoms with Gasteiger partial charge in [-0.15, -0.1) is 6.58 Å². The van der Waals surface area contributed by atoms with Gasteiger partial charge in [0.25, 0.3) is 0 Å². The number of hydrogen-bond acceptors (Lipinski definition) is 5. The molecule has 2 aliphatic heterocycles. The zero-order valence-electron chi connectivity index (χ0n) is 11.0. The lowest BCUT2D eigenvalue weighted by molar-refractivity contribution is 0.0856. The van der Waals surface area contributed by atoms with Crippen molar-refractivity contribution in [3.8, 4) is 0 Å². The molecule has 0 saturated carbocycles. The zero-order valence-corrected chi connectivity index (χ0v) is 11.8. The number of aryl methyl sites for hydroxylation is 1. The second-order valence-electron chi connectivity index (χ2n) is 5.13. The molecule has 1 aromatic carbocycles. The number of aliphatic hydroxyl groups excluding tert-OH is 1. The van der Waals surface area contributed by atoms with Crippen LogP contribution in [0.15, 0.2) is 41.8 Å². The van der Waals surface area contributed by atoms with Crippen LogP contribution in [0.3, 0.4) is 0 Å². The lowest BCUT2D eigenvalue weighted by Crippen LogP contribution is -2.43. The number of rotatable bonds is 5. The zero-order chi connectivity index (χ0) is 14.5. The number of benzene rings is 1. The van der Waals surface area contributed by atoms with Crippen LogP contribution < -0.4 is 0 Å². The highest BCUT2D eigenvalue weighted by atomic mass is 32.2. The molecule has 5 nitrogen and oxygen atoms in total. The average molecular weight is 296 g/mol. The van der Waals surface area contributed by atoms with Crippen LogP contribution in [-0.2, 0) is 19.3 Å². The SMILES string of the molecule is C=C[C@@H]1O[C@@]1([C@H](O)[C@@H]1CO1)S(=O)(=O)c1ccc(C)cc1. The summed E-state index contributed by atoms with van der Waals surface area (Å²) >= 11 is 0. The molecule has 0 radical (unpaired) electrons. The molecule has 3 rings (SSSR count). The van der Waals surface area contributed by atoms with Crippen LogP contribution in [0, 0.1) is 6.92 Å². The van der Waals surface area contributed by atoms with Gasteiger partial charge in [-0.3, -0.25) is 0 Å². The molecule has 6 heteroatoms. The Morgan fingerprint density at radius 3 is 2.50 bits per heavy atom. The normalized spacial score (nSPS) is 33.5. The lowest BCUT2D eigenvalue weighted by atomic mass is 10.1. The van der Waals surface area contributed by atoms with Crippen LogP contribution in [0.5, 0.6) is 0 Å². The van der Waals surface area contributed by atoms with Gasteiger partial charge in [-0.2, -0.15) is 0 Å². The first-order valence-electron chi connectivity index (χ1n) is 6.35. The topological polar surface area (TPSA) is 79.4 Å². The maximum atomic E-state index is 12.8. The van der Waals surface area contributed by atoms with Gasteiger partial charge in [-0.05, 0) is 19.1 Å². The van der Waals surface area contributed by atoms with Crippen molar-refractivity contribution in [1.29, 1.82) is 0 Å². The standard InChI is InChI=1S/C14H16O5S/c1-3-12-14(19-12,13(15)11-8-18-11)20(16,17)10-6-4-9(2)5-7-10/h3-7,11-13,15H,1,8H2,2H3/t11-,12-,13+,14+/m0/s1. The van der Waals surface area contributed by atoms with E-state index in [1.165, 1.54) is 18.2 Å². The first-order valence-corrected chi connectivity index (χ1v) is 7.83. The van der Waals surface area contributed by atoms with E-state index in [9.17, 15) is 13.5 Å². The Labute approximate surface area is 117 Å². The first kappa shape index (κ1) is 13.8. The Hall–Kier alpha value is -1.21. The molecule has 1 aromatic rings. The molecule has 2 saturated heterocycles. The van der Waals surface area contributed by atoms with Crippen LogP contribution in [0.2, 0.25) is 0 Å². The molecule has 2 fully saturated rings. The Balaban J connectivity index is 2.03. The van der Waals surface area contributed by atoms with Gasteiger partial charge in [0.2, 0.25) is 14.8 Å². The van der Waals surface area contributed by atoms with Crippen molar-refractivity contribution in [1.82, 2.24) is 0 Å².